The van der Waals surface area contributed by atoms with Crippen LogP contribution in [0.5, 0.6) is 5.75 Å². The maximum absolute atomic E-state index is 14.0. The molecule has 0 amide bonds. The van der Waals surface area contributed by atoms with Gasteiger partial charge in [0.2, 0.25) is 0 Å². The SMILES string of the molecule is COc1ccc2n[c]nc(-c3ccccc3F)c2c1Cl. The summed E-state index contributed by atoms with van der Waals surface area (Å²) in [5.74, 6) is 0.117. The number of fused-ring (bicyclic) bond motifs is 1. The van der Waals surface area contributed by atoms with Crippen molar-refractivity contribution < 1.29 is 9.13 Å². The first kappa shape index (κ1) is 12.8. The molecule has 0 aliphatic heterocycles. The van der Waals surface area contributed by atoms with E-state index in [4.69, 9.17) is 16.3 Å². The number of ether oxygens (including phenoxy) is 1. The molecule has 2 aromatic carbocycles. The number of hydrogen-bond acceptors (Lipinski definition) is 3. The topological polar surface area (TPSA) is 35.0 Å². The highest BCUT2D eigenvalue weighted by Gasteiger charge is 2.15. The molecular weight excluding hydrogens is 279 g/mol. The van der Waals surface area contributed by atoms with Crippen LogP contribution in [0, 0.1) is 12.1 Å². The van der Waals surface area contributed by atoms with E-state index in [1.54, 1.807) is 30.3 Å². The molecule has 0 atom stereocenters. The first-order valence-corrected chi connectivity index (χ1v) is 6.25. The molecule has 0 saturated carbocycles. The third-order valence-corrected chi connectivity index (χ3v) is 3.38. The molecule has 3 aromatic rings. The van der Waals surface area contributed by atoms with Crippen LogP contribution in [0.15, 0.2) is 36.4 Å². The summed E-state index contributed by atoms with van der Waals surface area (Å²) in [6, 6.07) is 9.81. The molecule has 1 radical (unpaired) electrons. The van der Waals surface area contributed by atoms with Gasteiger partial charge in [-0.2, -0.15) is 0 Å². The second-order valence-corrected chi connectivity index (χ2v) is 4.51. The largest absolute Gasteiger partial charge is 0.495 e. The predicted octanol–water partition coefficient (Wildman–Crippen LogP) is 3.90. The molecule has 20 heavy (non-hydrogen) atoms. The van der Waals surface area contributed by atoms with E-state index in [1.165, 1.54) is 13.2 Å². The molecular formula is C15H9ClFN2O. The molecule has 0 N–H and O–H groups in total. The zero-order valence-corrected chi connectivity index (χ0v) is 11.3. The molecule has 99 valence electrons. The standard InChI is InChI=1S/C15H9ClFN2O/c1-20-12-7-6-11-13(14(12)16)15(19-8-18-11)9-4-2-3-5-10(9)17/h2-7H,1H3. The molecule has 0 bridgehead atoms. The summed E-state index contributed by atoms with van der Waals surface area (Å²) in [5.41, 5.74) is 1.34. The van der Waals surface area contributed by atoms with Crippen molar-refractivity contribution in [3.05, 3.63) is 53.6 Å². The van der Waals surface area contributed by atoms with Gasteiger partial charge in [-0.05, 0) is 24.3 Å². The van der Waals surface area contributed by atoms with Gasteiger partial charge in [-0.15, -0.1) is 0 Å². The van der Waals surface area contributed by atoms with Gasteiger partial charge in [0, 0.05) is 10.9 Å². The second kappa shape index (κ2) is 5.06. The molecule has 0 fully saturated rings. The molecule has 5 heteroatoms. The van der Waals surface area contributed by atoms with Crippen molar-refractivity contribution in [1.29, 1.82) is 0 Å². The monoisotopic (exact) mass is 287 g/mol. The summed E-state index contributed by atoms with van der Waals surface area (Å²) >= 11 is 6.31. The van der Waals surface area contributed by atoms with Crippen molar-refractivity contribution in [3.63, 3.8) is 0 Å². The number of aromatic nitrogens is 2. The summed E-state index contributed by atoms with van der Waals surface area (Å²) in [6.07, 6.45) is 2.53. The Hall–Kier alpha value is -2.20. The van der Waals surface area contributed by atoms with Crippen LogP contribution in [0.25, 0.3) is 22.2 Å². The fourth-order valence-electron chi connectivity index (χ4n) is 2.06. The minimum Gasteiger partial charge on any atom is -0.495 e. The summed E-state index contributed by atoms with van der Waals surface area (Å²) in [4.78, 5) is 8.09. The van der Waals surface area contributed by atoms with Crippen molar-refractivity contribution >= 4 is 22.5 Å². The molecule has 0 aliphatic carbocycles. The zero-order chi connectivity index (χ0) is 14.1. The van der Waals surface area contributed by atoms with Gasteiger partial charge < -0.3 is 4.74 Å². The van der Waals surface area contributed by atoms with E-state index in [0.717, 1.165) is 0 Å². The van der Waals surface area contributed by atoms with Gasteiger partial charge in [0.25, 0.3) is 0 Å². The van der Waals surface area contributed by atoms with E-state index in [2.05, 4.69) is 16.3 Å². The fourth-order valence-corrected chi connectivity index (χ4v) is 2.38. The second-order valence-electron chi connectivity index (χ2n) is 4.13. The van der Waals surface area contributed by atoms with Gasteiger partial charge in [0.05, 0.1) is 23.3 Å². The van der Waals surface area contributed by atoms with E-state index in [0.29, 0.717) is 32.9 Å². The zero-order valence-electron chi connectivity index (χ0n) is 10.5. The lowest BCUT2D eigenvalue weighted by molar-refractivity contribution is 0.415. The third kappa shape index (κ3) is 1.98. The number of benzene rings is 2. The van der Waals surface area contributed by atoms with Crippen molar-refractivity contribution in [1.82, 2.24) is 9.97 Å². The minimum absolute atomic E-state index is 0.353. The highest BCUT2D eigenvalue weighted by Crippen LogP contribution is 2.37. The van der Waals surface area contributed by atoms with Crippen LogP contribution in [0.3, 0.4) is 0 Å². The molecule has 1 aromatic heterocycles. The van der Waals surface area contributed by atoms with Gasteiger partial charge in [-0.1, -0.05) is 23.7 Å². The van der Waals surface area contributed by atoms with Crippen LogP contribution in [0.4, 0.5) is 4.39 Å². The molecule has 1 heterocycles. The van der Waals surface area contributed by atoms with Crippen molar-refractivity contribution in [2.75, 3.05) is 7.11 Å². The Labute approximate surface area is 120 Å². The Balaban J connectivity index is 2.39. The van der Waals surface area contributed by atoms with Crippen LogP contribution >= 0.6 is 11.6 Å². The third-order valence-electron chi connectivity index (χ3n) is 3.00. The highest BCUT2D eigenvalue weighted by atomic mass is 35.5. The number of hydrogen-bond donors (Lipinski definition) is 0. The van der Waals surface area contributed by atoms with Crippen LogP contribution in [-0.4, -0.2) is 17.1 Å². The fraction of sp³-hybridized carbons (Fsp3) is 0.0667. The van der Waals surface area contributed by atoms with E-state index >= 15 is 0 Å². The molecule has 0 spiro atoms. The number of halogens is 2. The minimum atomic E-state index is -0.375. The van der Waals surface area contributed by atoms with Gasteiger partial charge in [0.1, 0.15) is 11.6 Å². The molecule has 3 rings (SSSR count). The average Bonchev–Trinajstić information content (AvgIpc) is 2.48. The average molecular weight is 288 g/mol. The summed E-state index contributed by atoms with van der Waals surface area (Å²) in [6.45, 7) is 0. The lowest BCUT2D eigenvalue weighted by atomic mass is 10.1. The molecule has 0 unspecified atom stereocenters. The van der Waals surface area contributed by atoms with Crippen LogP contribution in [0.1, 0.15) is 0 Å². The van der Waals surface area contributed by atoms with E-state index in [1.807, 2.05) is 0 Å². The smallest absolute Gasteiger partial charge is 0.198 e. The molecule has 0 aliphatic rings. The highest BCUT2D eigenvalue weighted by molar-refractivity contribution is 6.37. The lowest BCUT2D eigenvalue weighted by Crippen LogP contribution is -1.94. The van der Waals surface area contributed by atoms with Crippen molar-refractivity contribution in [2.24, 2.45) is 0 Å². The van der Waals surface area contributed by atoms with Crippen molar-refractivity contribution in [3.8, 4) is 17.0 Å². The van der Waals surface area contributed by atoms with Crippen LogP contribution in [-0.2, 0) is 0 Å². The first-order valence-electron chi connectivity index (χ1n) is 5.87. The summed E-state index contributed by atoms with van der Waals surface area (Å²) < 4.78 is 19.2. The maximum atomic E-state index is 14.0. The molecule has 3 nitrogen and oxygen atoms in total. The number of nitrogens with zero attached hydrogens (tertiary/aromatic N) is 2. The van der Waals surface area contributed by atoms with Crippen LogP contribution in [0.2, 0.25) is 5.02 Å². The maximum Gasteiger partial charge on any atom is 0.198 e. The molecule has 0 saturated heterocycles. The lowest BCUT2D eigenvalue weighted by Gasteiger charge is -2.10. The number of rotatable bonds is 2. The Morgan fingerprint density at radius 3 is 2.70 bits per heavy atom. The Morgan fingerprint density at radius 2 is 1.95 bits per heavy atom. The van der Waals surface area contributed by atoms with Gasteiger partial charge >= 0.3 is 0 Å². The normalized spacial score (nSPS) is 10.8. The van der Waals surface area contributed by atoms with Crippen molar-refractivity contribution in [2.45, 2.75) is 0 Å². The number of methoxy groups -OCH3 is 1. The van der Waals surface area contributed by atoms with Gasteiger partial charge in [-0.25, -0.2) is 14.4 Å². The summed E-state index contributed by atoms with van der Waals surface area (Å²) in [5, 5.41) is 0.909. The summed E-state index contributed by atoms with van der Waals surface area (Å²) in [7, 11) is 1.52. The van der Waals surface area contributed by atoms with Gasteiger partial charge in [0.15, 0.2) is 6.33 Å². The van der Waals surface area contributed by atoms with E-state index in [-0.39, 0.29) is 5.82 Å². The Kier molecular flexibility index (Phi) is 3.24. The first-order chi connectivity index (χ1) is 9.72. The predicted molar refractivity (Wildman–Crippen MR) is 75.3 cm³/mol. The van der Waals surface area contributed by atoms with E-state index in [9.17, 15) is 4.39 Å². The Bertz CT molecular complexity index is 792. The van der Waals surface area contributed by atoms with Gasteiger partial charge in [-0.3, -0.25) is 0 Å². The van der Waals surface area contributed by atoms with E-state index < -0.39 is 0 Å². The quantitative estimate of drug-likeness (QED) is 0.717. The van der Waals surface area contributed by atoms with Crippen LogP contribution < -0.4 is 4.74 Å². The Morgan fingerprint density at radius 1 is 1.15 bits per heavy atom.